The van der Waals surface area contributed by atoms with Crippen molar-refractivity contribution in [1.82, 2.24) is 9.62 Å². The number of nitrogens with two attached hydrogens (primary N) is 1. The molecule has 2 atom stereocenters. The van der Waals surface area contributed by atoms with Crippen LogP contribution < -0.4 is 10.5 Å². The number of hydrogen-bond acceptors (Lipinski definition) is 5. The second-order valence-corrected chi connectivity index (χ2v) is 9.20. The number of nitrogens with one attached hydrogen (secondary N) is 1. The summed E-state index contributed by atoms with van der Waals surface area (Å²) in [5, 5.41) is 0. The first-order valence-corrected chi connectivity index (χ1v) is 9.75. The molecule has 3 N–H and O–H groups in total. The third-order valence-electron chi connectivity index (χ3n) is 3.80. The number of sulfonamides is 1. The van der Waals surface area contributed by atoms with Crippen LogP contribution in [-0.2, 0) is 14.8 Å². The van der Waals surface area contributed by atoms with E-state index in [2.05, 4.69) is 11.6 Å². The molecule has 6 nitrogen and oxygen atoms in total. The van der Waals surface area contributed by atoms with Crippen LogP contribution in [0, 0.1) is 5.92 Å². The molecule has 10 heteroatoms. The van der Waals surface area contributed by atoms with Crippen LogP contribution in [0.5, 0.6) is 0 Å². The first kappa shape index (κ1) is 20.7. The molecule has 1 fully saturated rings. The topological polar surface area (TPSA) is 92.5 Å². The van der Waals surface area contributed by atoms with Gasteiger partial charge in [-0.3, -0.25) is 4.79 Å². The Morgan fingerprint density at radius 2 is 2.22 bits per heavy atom. The van der Waals surface area contributed by atoms with Gasteiger partial charge >= 0.3 is 0 Å². The second-order valence-electron chi connectivity index (χ2n) is 5.49. The number of thiophene rings is 1. The Labute approximate surface area is 151 Å². The van der Waals surface area contributed by atoms with Gasteiger partial charge in [0.15, 0.2) is 0 Å². The van der Waals surface area contributed by atoms with E-state index in [0.717, 1.165) is 24.2 Å². The normalized spacial score (nSPS) is 21.8. The molecule has 2 heterocycles. The van der Waals surface area contributed by atoms with Crippen molar-refractivity contribution in [1.29, 1.82) is 0 Å². The first-order valence-electron chi connectivity index (χ1n) is 7.08. The van der Waals surface area contributed by atoms with Crippen LogP contribution in [0.2, 0.25) is 4.34 Å². The van der Waals surface area contributed by atoms with Gasteiger partial charge < -0.3 is 10.6 Å². The lowest BCUT2D eigenvalue weighted by molar-refractivity contribution is -0.133. The molecular weight excluding hydrogens is 381 g/mol. The smallest absolute Gasteiger partial charge is 0.250 e. The number of carbonyl (C=O) groups excluding carboxylic acids is 1. The van der Waals surface area contributed by atoms with Crippen LogP contribution in [0.1, 0.15) is 19.8 Å². The van der Waals surface area contributed by atoms with Crippen molar-refractivity contribution >= 4 is 51.3 Å². The average Bonchev–Trinajstić information content (AvgIpc) is 2.92. The van der Waals surface area contributed by atoms with Gasteiger partial charge in [-0.1, -0.05) is 18.5 Å². The summed E-state index contributed by atoms with van der Waals surface area (Å²) in [5.74, 6) is 0.288. The molecular formula is C13H21Cl2N3O3S2. The number of rotatable bonds is 5. The Morgan fingerprint density at radius 1 is 1.52 bits per heavy atom. The van der Waals surface area contributed by atoms with Crippen LogP contribution >= 0.6 is 35.3 Å². The van der Waals surface area contributed by atoms with E-state index >= 15 is 0 Å². The molecule has 1 aromatic rings. The third kappa shape index (κ3) is 5.30. The highest BCUT2D eigenvalue weighted by Crippen LogP contribution is 2.25. The number of amides is 1. The van der Waals surface area contributed by atoms with E-state index in [1.54, 1.807) is 4.90 Å². The highest BCUT2D eigenvalue weighted by molar-refractivity contribution is 7.91. The SMILES string of the molecule is CC1CCN(C(=O)CNS(=O)(=O)c2ccc(Cl)s2)C(CN)C1.Cl. The summed E-state index contributed by atoms with van der Waals surface area (Å²) in [6.45, 7) is 2.88. The molecule has 0 saturated carbocycles. The molecule has 1 aliphatic rings. The van der Waals surface area contributed by atoms with Crippen LogP contribution in [0.25, 0.3) is 0 Å². The van der Waals surface area contributed by atoms with Crippen LogP contribution in [0.4, 0.5) is 0 Å². The minimum Gasteiger partial charge on any atom is -0.337 e. The molecule has 132 valence electrons. The molecule has 1 aromatic heterocycles. The fourth-order valence-electron chi connectivity index (χ4n) is 2.57. The maximum Gasteiger partial charge on any atom is 0.250 e. The second kappa shape index (κ2) is 8.64. The standard InChI is InChI=1S/C13H20ClN3O3S2.ClH/c1-9-4-5-17(10(6-9)7-15)12(18)8-16-22(19,20)13-3-2-11(14)21-13;/h2-3,9-10,16H,4-8,15H2,1H3;1H. The predicted molar refractivity (Wildman–Crippen MR) is 94.7 cm³/mol. The Hall–Kier alpha value is -0.380. The molecule has 2 unspecified atom stereocenters. The summed E-state index contributed by atoms with van der Waals surface area (Å²) < 4.78 is 27.0. The number of likely N-dealkylation sites (tertiary alicyclic amines) is 1. The van der Waals surface area contributed by atoms with Crippen LogP contribution in [-0.4, -0.2) is 44.9 Å². The zero-order chi connectivity index (χ0) is 16.3. The zero-order valence-electron chi connectivity index (χ0n) is 12.7. The Bertz CT molecular complexity index is 636. The molecule has 2 rings (SSSR count). The van der Waals surface area contributed by atoms with Gasteiger partial charge in [0.2, 0.25) is 5.91 Å². The van der Waals surface area contributed by atoms with Gasteiger partial charge in [-0.25, -0.2) is 13.1 Å². The molecule has 0 aliphatic carbocycles. The minimum absolute atomic E-state index is 0. The van der Waals surface area contributed by atoms with Gasteiger partial charge in [0.1, 0.15) is 4.21 Å². The summed E-state index contributed by atoms with van der Waals surface area (Å²) >= 11 is 6.70. The molecule has 1 aliphatic heterocycles. The molecule has 1 amide bonds. The van der Waals surface area contributed by atoms with E-state index < -0.39 is 10.0 Å². The lowest BCUT2D eigenvalue weighted by Gasteiger charge is -2.38. The third-order valence-corrected chi connectivity index (χ3v) is 6.92. The highest BCUT2D eigenvalue weighted by atomic mass is 35.5. The minimum atomic E-state index is -3.70. The number of carbonyl (C=O) groups is 1. The average molecular weight is 402 g/mol. The molecule has 0 bridgehead atoms. The van der Waals surface area contributed by atoms with Crippen LogP contribution in [0.3, 0.4) is 0 Å². The molecule has 23 heavy (non-hydrogen) atoms. The number of halogens is 2. The van der Waals surface area contributed by atoms with E-state index in [-0.39, 0.29) is 35.1 Å². The lowest BCUT2D eigenvalue weighted by Crippen LogP contribution is -2.52. The molecule has 1 saturated heterocycles. The number of nitrogens with zero attached hydrogens (tertiary/aromatic N) is 1. The maximum atomic E-state index is 12.3. The van der Waals surface area contributed by atoms with Gasteiger partial charge in [-0.15, -0.1) is 23.7 Å². The van der Waals surface area contributed by atoms with Crippen molar-refractivity contribution in [3.63, 3.8) is 0 Å². The fourth-order valence-corrected chi connectivity index (χ4v) is 5.08. The van der Waals surface area contributed by atoms with E-state index in [1.165, 1.54) is 12.1 Å². The van der Waals surface area contributed by atoms with E-state index in [1.807, 2.05) is 0 Å². The Balaban J connectivity index is 0.00000264. The van der Waals surface area contributed by atoms with Crippen molar-refractivity contribution < 1.29 is 13.2 Å². The van der Waals surface area contributed by atoms with Gasteiger partial charge in [0, 0.05) is 19.1 Å². The Kier molecular flexibility index (Phi) is 7.76. The summed E-state index contributed by atoms with van der Waals surface area (Å²) in [4.78, 5) is 14.0. The predicted octanol–water partition coefficient (Wildman–Crippen LogP) is 1.69. The highest BCUT2D eigenvalue weighted by Gasteiger charge is 2.29. The largest absolute Gasteiger partial charge is 0.337 e. The molecule has 0 aromatic carbocycles. The van der Waals surface area contributed by atoms with Crippen LogP contribution in [0.15, 0.2) is 16.3 Å². The monoisotopic (exact) mass is 401 g/mol. The van der Waals surface area contributed by atoms with Gasteiger partial charge in [-0.05, 0) is 30.9 Å². The van der Waals surface area contributed by atoms with Gasteiger partial charge in [-0.2, -0.15) is 0 Å². The van der Waals surface area contributed by atoms with Gasteiger partial charge in [0.25, 0.3) is 10.0 Å². The van der Waals surface area contributed by atoms with Crippen molar-refractivity contribution in [3.8, 4) is 0 Å². The van der Waals surface area contributed by atoms with Gasteiger partial charge in [0.05, 0.1) is 10.9 Å². The zero-order valence-corrected chi connectivity index (χ0v) is 15.9. The van der Waals surface area contributed by atoms with E-state index in [0.29, 0.717) is 23.3 Å². The van der Waals surface area contributed by atoms with Crippen molar-refractivity contribution in [2.75, 3.05) is 19.6 Å². The summed E-state index contributed by atoms with van der Waals surface area (Å²) in [7, 11) is -3.70. The van der Waals surface area contributed by atoms with E-state index in [9.17, 15) is 13.2 Å². The number of hydrogen-bond donors (Lipinski definition) is 2. The quantitative estimate of drug-likeness (QED) is 0.784. The van der Waals surface area contributed by atoms with Crippen molar-refractivity contribution in [3.05, 3.63) is 16.5 Å². The lowest BCUT2D eigenvalue weighted by atomic mass is 9.92. The maximum absolute atomic E-state index is 12.3. The Morgan fingerprint density at radius 3 is 2.78 bits per heavy atom. The fraction of sp³-hybridized carbons (Fsp3) is 0.615. The summed E-state index contributed by atoms with van der Waals surface area (Å²) in [6, 6.07) is 2.92. The summed E-state index contributed by atoms with van der Waals surface area (Å²) in [6.07, 6.45) is 1.77. The van der Waals surface area contributed by atoms with Crippen molar-refractivity contribution in [2.24, 2.45) is 11.7 Å². The molecule has 0 radical (unpaired) electrons. The van der Waals surface area contributed by atoms with Crippen molar-refractivity contribution in [2.45, 2.75) is 30.0 Å². The van der Waals surface area contributed by atoms with E-state index in [4.69, 9.17) is 17.3 Å². The molecule has 0 spiro atoms. The summed E-state index contributed by atoms with van der Waals surface area (Å²) in [5.41, 5.74) is 5.72. The first-order chi connectivity index (χ1) is 10.3. The number of piperidine rings is 1.